The number of hydrogen-bond donors (Lipinski definition) is 0. The molecule has 2 aromatic carbocycles. The molecule has 0 fully saturated rings. The Labute approximate surface area is 149 Å². The van der Waals surface area contributed by atoms with E-state index >= 15 is 0 Å². The van der Waals surface area contributed by atoms with E-state index in [4.69, 9.17) is 23.2 Å². The zero-order chi connectivity index (χ0) is 16.2. The molecule has 0 spiro atoms. The normalized spacial score (nSPS) is 10.7. The van der Waals surface area contributed by atoms with Gasteiger partial charge in [0.2, 0.25) is 0 Å². The van der Waals surface area contributed by atoms with Crippen molar-refractivity contribution < 1.29 is 0 Å². The lowest BCUT2D eigenvalue weighted by molar-refractivity contribution is 0.972. The molecular weight excluding hydrogens is 347 g/mol. The average molecular weight is 361 g/mol. The first-order valence-electron chi connectivity index (χ1n) is 7.09. The number of rotatable bonds is 4. The number of benzene rings is 2. The maximum atomic E-state index is 6.19. The number of thioether (sulfide) groups is 1. The molecule has 23 heavy (non-hydrogen) atoms. The van der Waals surface area contributed by atoms with Gasteiger partial charge in [-0.25, -0.2) is 9.97 Å². The number of aryl methyl sites for hydroxylation is 1. The molecular formula is C18H14Cl2N2S. The van der Waals surface area contributed by atoms with Crippen molar-refractivity contribution in [2.45, 2.75) is 17.8 Å². The van der Waals surface area contributed by atoms with Crippen LogP contribution in [0.15, 0.2) is 59.8 Å². The van der Waals surface area contributed by atoms with E-state index in [0.717, 1.165) is 21.8 Å². The van der Waals surface area contributed by atoms with Gasteiger partial charge in [-0.1, -0.05) is 76.9 Å². The van der Waals surface area contributed by atoms with Gasteiger partial charge in [0.1, 0.15) is 5.15 Å². The summed E-state index contributed by atoms with van der Waals surface area (Å²) >= 11 is 13.9. The summed E-state index contributed by atoms with van der Waals surface area (Å²) in [5.41, 5.74) is 4.10. The van der Waals surface area contributed by atoms with Gasteiger partial charge >= 0.3 is 0 Å². The first-order valence-corrected chi connectivity index (χ1v) is 8.84. The highest BCUT2D eigenvalue weighted by Gasteiger charge is 2.08. The van der Waals surface area contributed by atoms with E-state index in [-0.39, 0.29) is 0 Å². The minimum atomic E-state index is 0.443. The molecule has 0 radical (unpaired) electrons. The predicted molar refractivity (Wildman–Crippen MR) is 98.2 cm³/mol. The monoisotopic (exact) mass is 360 g/mol. The van der Waals surface area contributed by atoms with Gasteiger partial charge in [-0.3, -0.25) is 0 Å². The van der Waals surface area contributed by atoms with E-state index in [2.05, 4.69) is 29.0 Å². The summed E-state index contributed by atoms with van der Waals surface area (Å²) in [7, 11) is 0. The van der Waals surface area contributed by atoms with Crippen molar-refractivity contribution in [3.8, 4) is 11.3 Å². The molecule has 5 heteroatoms. The second-order valence-corrected chi connectivity index (χ2v) is 6.84. The van der Waals surface area contributed by atoms with Crippen molar-refractivity contribution in [3.63, 3.8) is 0 Å². The number of halogens is 2. The van der Waals surface area contributed by atoms with Crippen molar-refractivity contribution in [1.29, 1.82) is 0 Å². The lowest BCUT2D eigenvalue weighted by Crippen LogP contribution is -1.93. The third-order valence-corrected chi connectivity index (χ3v) is 4.76. The molecule has 116 valence electrons. The Morgan fingerprint density at radius 1 is 0.957 bits per heavy atom. The highest BCUT2D eigenvalue weighted by molar-refractivity contribution is 7.98. The highest BCUT2D eigenvalue weighted by Crippen LogP contribution is 2.28. The van der Waals surface area contributed by atoms with Crippen LogP contribution in [0.4, 0.5) is 0 Å². The van der Waals surface area contributed by atoms with E-state index in [1.807, 2.05) is 36.4 Å². The quantitative estimate of drug-likeness (QED) is 0.321. The zero-order valence-electron chi connectivity index (χ0n) is 12.5. The Morgan fingerprint density at radius 2 is 1.78 bits per heavy atom. The summed E-state index contributed by atoms with van der Waals surface area (Å²) in [6, 6.07) is 17.7. The Balaban J connectivity index is 1.85. The van der Waals surface area contributed by atoms with Gasteiger partial charge in [-0.05, 0) is 24.6 Å². The van der Waals surface area contributed by atoms with Gasteiger partial charge < -0.3 is 0 Å². The highest BCUT2D eigenvalue weighted by atomic mass is 35.5. The molecule has 1 aromatic heterocycles. The molecule has 0 bridgehead atoms. The summed E-state index contributed by atoms with van der Waals surface area (Å²) < 4.78 is 0. The Hall–Kier alpha value is -1.55. The minimum Gasteiger partial charge on any atom is -0.222 e. The van der Waals surface area contributed by atoms with Crippen molar-refractivity contribution in [1.82, 2.24) is 9.97 Å². The molecule has 0 atom stereocenters. The molecule has 3 rings (SSSR count). The van der Waals surface area contributed by atoms with Gasteiger partial charge in [0.05, 0.1) is 5.69 Å². The second kappa shape index (κ2) is 7.35. The van der Waals surface area contributed by atoms with Crippen LogP contribution in [0.1, 0.15) is 11.1 Å². The first-order chi connectivity index (χ1) is 11.1. The van der Waals surface area contributed by atoms with Gasteiger partial charge in [0.25, 0.3) is 0 Å². The lowest BCUT2D eigenvalue weighted by atomic mass is 10.1. The average Bonchev–Trinajstić information content (AvgIpc) is 2.54. The third kappa shape index (κ3) is 4.25. The third-order valence-electron chi connectivity index (χ3n) is 3.30. The summed E-state index contributed by atoms with van der Waals surface area (Å²) in [4.78, 5) is 8.91. The number of aromatic nitrogens is 2. The Morgan fingerprint density at radius 3 is 2.57 bits per heavy atom. The van der Waals surface area contributed by atoms with Gasteiger partial charge in [-0.15, -0.1) is 0 Å². The predicted octanol–water partition coefficient (Wildman–Crippen LogP) is 6.05. The van der Waals surface area contributed by atoms with E-state index in [9.17, 15) is 0 Å². The van der Waals surface area contributed by atoms with E-state index in [0.29, 0.717) is 16.1 Å². The maximum Gasteiger partial charge on any atom is 0.189 e. The first kappa shape index (κ1) is 16.3. The maximum absolute atomic E-state index is 6.19. The van der Waals surface area contributed by atoms with Crippen molar-refractivity contribution in [2.24, 2.45) is 0 Å². The van der Waals surface area contributed by atoms with E-state index in [1.165, 1.54) is 17.3 Å². The smallest absolute Gasteiger partial charge is 0.189 e. The molecule has 2 nitrogen and oxygen atoms in total. The zero-order valence-corrected chi connectivity index (χ0v) is 14.8. The molecule has 0 aliphatic carbocycles. The summed E-state index contributed by atoms with van der Waals surface area (Å²) in [6.45, 7) is 2.05. The van der Waals surface area contributed by atoms with Crippen LogP contribution in [0.5, 0.6) is 0 Å². The molecule has 0 N–H and O–H groups in total. The van der Waals surface area contributed by atoms with E-state index in [1.54, 1.807) is 6.07 Å². The molecule has 0 aliphatic rings. The van der Waals surface area contributed by atoms with Crippen LogP contribution in [-0.4, -0.2) is 9.97 Å². The minimum absolute atomic E-state index is 0.443. The van der Waals surface area contributed by atoms with Crippen LogP contribution in [0.25, 0.3) is 11.3 Å². The molecule has 0 saturated heterocycles. The molecule has 0 saturated carbocycles. The Kier molecular flexibility index (Phi) is 5.21. The van der Waals surface area contributed by atoms with Crippen LogP contribution < -0.4 is 0 Å². The number of hydrogen-bond acceptors (Lipinski definition) is 3. The van der Waals surface area contributed by atoms with Gasteiger partial charge in [0, 0.05) is 22.4 Å². The van der Waals surface area contributed by atoms with Crippen molar-refractivity contribution >= 4 is 35.0 Å². The summed E-state index contributed by atoms with van der Waals surface area (Å²) in [5, 5.41) is 1.84. The fourth-order valence-electron chi connectivity index (χ4n) is 2.17. The van der Waals surface area contributed by atoms with Crippen LogP contribution >= 0.6 is 35.0 Å². The number of nitrogens with zero attached hydrogens (tertiary/aromatic N) is 2. The molecule has 0 amide bonds. The molecule has 3 aromatic rings. The summed E-state index contributed by atoms with van der Waals surface area (Å²) in [5.74, 6) is 0.702. The fraction of sp³-hybridized carbons (Fsp3) is 0.111. The van der Waals surface area contributed by atoms with Crippen LogP contribution in [0.2, 0.25) is 10.2 Å². The second-order valence-electron chi connectivity index (χ2n) is 5.11. The van der Waals surface area contributed by atoms with E-state index < -0.39 is 0 Å². The molecule has 0 unspecified atom stereocenters. The topological polar surface area (TPSA) is 25.8 Å². The van der Waals surface area contributed by atoms with Crippen LogP contribution in [0.3, 0.4) is 0 Å². The van der Waals surface area contributed by atoms with Gasteiger partial charge in [-0.2, -0.15) is 0 Å². The van der Waals surface area contributed by atoms with Crippen molar-refractivity contribution in [3.05, 3.63) is 75.9 Å². The molecule has 0 aliphatic heterocycles. The SMILES string of the molecule is Cc1cccc(-c2cc(Cl)nc(SCc3ccccc3Cl)n2)c1. The van der Waals surface area contributed by atoms with Crippen LogP contribution in [0, 0.1) is 6.92 Å². The Bertz CT molecular complexity index is 837. The fourth-order valence-corrected chi connectivity index (χ4v) is 3.55. The van der Waals surface area contributed by atoms with Gasteiger partial charge in [0.15, 0.2) is 5.16 Å². The largest absolute Gasteiger partial charge is 0.222 e. The molecule has 1 heterocycles. The van der Waals surface area contributed by atoms with Crippen molar-refractivity contribution in [2.75, 3.05) is 0 Å². The lowest BCUT2D eigenvalue weighted by Gasteiger charge is -2.07. The summed E-state index contributed by atoms with van der Waals surface area (Å²) in [6.07, 6.45) is 0. The standard InChI is InChI=1S/C18H14Cl2N2S/c1-12-5-4-7-13(9-12)16-10-17(20)22-18(21-16)23-11-14-6-2-3-8-15(14)19/h2-10H,11H2,1H3. The van der Waals surface area contributed by atoms with Crippen LogP contribution in [-0.2, 0) is 5.75 Å².